The lowest BCUT2D eigenvalue weighted by Crippen LogP contribution is -2.02. The van der Waals surface area contributed by atoms with E-state index >= 15 is 0 Å². The van der Waals surface area contributed by atoms with Crippen LogP contribution in [0.15, 0.2) is 44.8 Å². The Bertz CT molecular complexity index is 454. The molecule has 84 valence electrons. The Morgan fingerprint density at radius 2 is 2.19 bits per heavy atom. The smallest absolute Gasteiger partial charge is 0.137 e. The van der Waals surface area contributed by atoms with Crippen molar-refractivity contribution in [1.29, 1.82) is 0 Å². The molecule has 0 fully saturated rings. The number of nitrogens with two attached hydrogens (primary N) is 1. The van der Waals surface area contributed by atoms with Crippen molar-refractivity contribution < 1.29 is 4.39 Å². The predicted octanol–water partition coefficient (Wildman–Crippen LogP) is 3.54. The number of thiophene rings is 1. The van der Waals surface area contributed by atoms with E-state index < -0.39 is 0 Å². The van der Waals surface area contributed by atoms with E-state index in [0.717, 1.165) is 16.2 Å². The monoisotopic (exact) mass is 253 g/mol. The van der Waals surface area contributed by atoms with Gasteiger partial charge in [0.15, 0.2) is 0 Å². The Balaban J connectivity index is 2.16. The highest BCUT2D eigenvalue weighted by molar-refractivity contribution is 8.01. The van der Waals surface area contributed by atoms with E-state index in [0.29, 0.717) is 11.4 Å². The van der Waals surface area contributed by atoms with E-state index in [9.17, 15) is 4.39 Å². The van der Waals surface area contributed by atoms with Gasteiger partial charge in [-0.1, -0.05) is 23.9 Å². The zero-order chi connectivity index (χ0) is 11.4. The van der Waals surface area contributed by atoms with Crippen LogP contribution in [-0.4, -0.2) is 6.54 Å². The molecule has 16 heavy (non-hydrogen) atoms. The van der Waals surface area contributed by atoms with E-state index in [1.54, 1.807) is 17.4 Å². The lowest BCUT2D eigenvalue weighted by atomic mass is 10.1. The summed E-state index contributed by atoms with van der Waals surface area (Å²) in [6.45, 7) is 0.552. The first-order valence-electron chi connectivity index (χ1n) is 4.99. The molecule has 0 bridgehead atoms. The molecule has 0 radical (unpaired) electrons. The van der Waals surface area contributed by atoms with Crippen LogP contribution in [0.5, 0.6) is 0 Å². The number of halogens is 1. The molecule has 0 aliphatic carbocycles. The molecule has 2 aromatic rings. The molecule has 1 aromatic carbocycles. The largest absolute Gasteiger partial charge is 0.330 e. The molecule has 0 spiro atoms. The van der Waals surface area contributed by atoms with Gasteiger partial charge in [-0.3, -0.25) is 0 Å². The zero-order valence-electron chi connectivity index (χ0n) is 8.65. The first kappa shape index (κ1) is 11.6. The van der Waals surface area contributed by atoms with Gasteiger partial charge in [-0.05, 0) is 42.1 Å². The standard InChI is InChI=1S/C12H12FNS2/c13-10-8-9(5-6-14)3-4-11(10)16-12-2-1-7-15-12/h1-4,7-8H,5-6,14H2. The molecule has 1 heterocycles. The van der Waals surface area contributed by atoms with Gasteiger partial charge in [-0.2, -0.15) is 0 Å². The fraction of sp³-hybridized carbons (Fsp3) is 0.167. The first-order chi connectivity index (χ1) is 7.79. The van der Waals surface area contributed by atoms with Crippen molar-refractivity contribution in [2.24, 2.45) is 5.73 Å². The third-order valence-corrected chi connectivity index (χ3v) is 4.22. The average Bonchev–Trinajstić information content (AvgIpc) is 2.75. The fourth-order valence-electron chi connectivity index (χ4n) is 1.38. The molecule has 2 N–H and O–H groups in total. The maximum Gasteiger partial charge on any atom is 0.137 e. The van der Waals surface area contributed by atoms with E-state index in [1.807, 2.05) is 29.6 Å². The Morgan fingerprint density at radius 1 is 1.31 bits per heavy atom. The number of hydrogen-bond acceptors (Lipinski definition) is 3. The molecule has 1 nitrogen and oxygen atoms in total. The summed E-state index contributed by atoms with van der Waals surface area (Å²) in [5.74, 6) is -0.163. The van der Waals surface area contributed by atoms with E-state index in [-0.39, 0.29) is 5.82 Å². The average molecular weight is 253 g/mol. The highest BCUT2D eigenvalue weighted by atomic mass is 32.2. The molecule has 0 saturated carbocycles. The summed E-state index contributed by atoms with van der Waals surface area (Å²) in [6.07, 6.45) is 0.723. The Kier molecular flexibility index (Phi) is 3.98. The van der Waals surface area contributed by atoms with Crippen molar-refractivity contribution in [3.63, 3.8) is 0 Å². The maximum absolute atomic E-state index is 13.7. The fourth-order valence-corrected chi connectivity index (χ4v) is 3.11. The minimum Gasteiger partial charge on any atom is -0.330 e. The van der Waals surface area contributed by atoms with Crippen LogP contribution in [0.25, 0.3) is 0 Å². The summed E-state index contributed by atoms with van der Waals surface area (Å²) in [4.78, 5) is 0.670. The second kappa shape index (κ2) is 5.48. The van der Waals surface area contributed by atoms with Crippen molar-refractivity contribution in [1.82, 2.24) is 0 Å². The van der Waals surface area contributed by atoms with Crippen LogP contribution in [0, 0.1) is 5.82 Å². The summed E-state index contributed by atoms with van der Waals surface area (Å²) in [5.41, 5.74) is 6.39. The van der Waals surface area contributed by atoms with E-state index in [4.69, 9.17) is 5.73 Å². The number of rotatable bonds is 4. The quantitative estimate of drug-likeness (QED) is 0.902. The molecular weight excluding hydrogens is 241 g/mol. The van der Waals surface area contributed by atoms with Crippen LogP contribution >= 0.6 is 23.1 Å². The van der Waals surface area contributed by atoms with Gasteiger partial charge in [-0.25, -0.2) is 4.39 Å². The molecule has 1 aromatic heterocycles. The second-order valence-corrected chi connectivity index (χ2v) is 5.63. The summed E-state index contributed by atoms with van der Waals surface area (Å²) >= 11 is 3.08. The molecule has 4 heteroatoms. The Morgan fingerprint density at radius 3 is 2.81 bits per heavy atom. The minimum atomic E-state index is -0.163. The predicted molar refractivity (Wildman–Crippen MR) is 67.6 cm³/mol. The lowest BCUT2D eigenvalue weighted by Gasteiger charge is -2.03. The third-order valence-electron chi connectivity index (χ3n) is 2.13. The Labute approximate surface area is 102 Å². The van der Waals surface area contributed by atoms with Crippen LogP contribution in [-0.2, 0) is 6.42 Å². The first-order valence-corrected chi connectivity index (χ1v) is 6.69. The summed E-state index contributed by atoms with van der Waals surface area (Å²) < 4.78 is 14.8. The van der Waals surface area contributed by atoms with Gasteiger partial charge in [0.05, 0.1) is 4.21 Å². The Hall–Kier alpha value is -0.840. The SMILES string of the molecule is NCCc1ccc(Sc2cccs2)c(F)c1. The molecular formula is C12H12FNS2. The van der Waals surface area contributed by atoms with Gasteiger partial charge >= 0.3 is 0 Å². The molecule has 0 aliphatic heterocycles. The van der Waals surface area contributed by atoms with Gasteiger partial charge in [0.1, 0.15) is 5.82 Å². The van der Waals surface area contributed by atoms with Crippen molar-refractivity contribution in [2.45, 2.75) is 15.5 Å². The number of benzene rings is 1. The van der Waals surface area contributed by atoms with E-state index in [1.165, 1.54) is 11.8 Å². The summed E-state index contributed by atoms with van der Waals surface area (Å²) in [5, 5.41) is 1.99. The van der Waals surface area contributed by atoms with Gasteiger partial charge in [0, 0.05) is 4.90 Å². The van der Waals surface area contributed by atoms with E-state index in [2.05, 4.69) is 0 Å². The lowest BCUT2D eigenvalue weighted by molar-refractivity contribution is 0.599. The molecule has 0 saturated heterocycles. The number of hydrogen-bond donors (Lipinski definition) is 1. The van der Waals surface area contributed by atoms with Crippen LogP contribution in [0.4, 0.5) is 4.39 Å². The van der Waals surface area contributed by atoms with Crippen molar-refractivity contribution in [2.75, 3.05) is 6.54 Å². The zero-order valence-corrected chi connectivity index (χ0v) is 10.3. The van der Waals surface area contributed by atoms with Crippen molar-refractivity contribution in [3.05, 3.63) is 47.1 Å². The normalized spacial score (nSPS) is 10.6. The molecule has 0 aliphatic rings. The van der Waals surface area contributed by atoms with Crippen molar-refractivity contribution >= 4 is 23.1 Å². The highest BCUT2D eigenvalue weighted by Crippen LogP contribution is 2.33. The molecule has 0 amide bonds. The molecule has 0 atom stereocenters. The topological polar surface area (TPSA) is 26.0 Å². The van der Waals surface area contributed by atoms with Gasteiger partial charge in [0.2, 0.25) is 0 Å². The highest BCUT2D eigenvalue weighted by Gasteiger charge is 2.05. The van der Waals surface area contributed by atoms with Gasteiger partial charge < -0.3 is 5.73 Å². The van der Waals surface area contributed by atoms with Gasteiger partial charge in [0.25, 0.3) is 0 Å². The molecule has 0 unspecified atom stereocenters. The second-order valence-electron chi connectivity index (χ2n) is 3.34. The van der Waals surface area contributed by atoms with Crippen LogP contribution < -0.4 is 5.73 Å². The van der Waals surface area contributed by atoms with Crippen molar-refractivity contribution in [3.8, 4) is 0 Å². The maximum atomic E-state index is 13.7. The summed E-state index contributed by atoms with van der Waals surface area (Å²) in [7, 11) is 0. The van der Waals surface area contributed by atoms with Crippen LogP contribution in [0.3, 0.4) is 0 Å². The van der Waals surface area contributed by atoms with Crippen LogP contribution in [0.2, 0.25) is 0 Å². The minimum absolute atomic E-state index is 0.163. The van der Waals surface area contributed by atoms with Gasteiger partial charge in [-0.15, -0.1) is 11.3 Å². The molecule has 2 rings (SSSR count). The third kappa shape index (κ3) is 2.84. The summed E-state index contributed by atoms with van der Waals surface area (Å²) in [6, 6.07) is 9.29. The van der Waals surface area contributed by atoms with Crippen LogP contribution in [0.1, 0.15) is 5.56 Å².